The van der Waals surface area contributed by atoms with Crippen LogP contribution in [0.4, 0.5) is 11.4 Å². The molecule has 2 aromatic rings. The Kier molecular flexibility index (Phi) is 5.01. The van der Waals surface area contributed by atoms with Crippen molar-refractivity contribution in [2.45, 2.75) is 6.92 Å². The predicted octanol–water partition coefficient (Wildman–Crippen LogP) is 3.92. The van der Waals surface area contributed by atoms with E-state index in [0.717, 1.165) is 5.69 Å². The van der Waals surface area contributed by atoms with Crippen molar-refractivity contribution < 1.29 is 4.79 Å². The third-order valence-corrected chi connectivity index (χ3v) is 4.02. The van der Waals surface area contributed by atoms with Crippen LogP contribution < -0.4 is 11.1 Å². The maximum absolute atomic E-state index is 11.9. The van der Waals surface area contributed by atoms with E-state index in [1.807, 2.05) is 6.92 Å². The van der Waals surface area contributed by atoms with E-state index in [-0.39, 0.29) is 21.6 Å². The summed E-state index contributed by atoms with van der Waals surface area (Å²) in [6.45, 7) is 1.81. The highest BCUT2D eigenvalue weighted by atomic mass is 35.5. The highest BCUT2D eigenvalue weighted by molar-refractivity contribution is 6.39. The zero-order valence-corrected chi connectivity index (χ0v) is 14.1. The zero-order valence-electron chi connectivity index (χ0n) is 11.8. The van der Waals surface area contributed by atoms with Crippen LogP contribution in [0.25, 0.3) is 6.08 Å². The number of hydrogen-bond donors (Lipinski definition) is 2. The second kappa shape index (κ2) is 6.60. The van der Waals surface area contributed by atoms with Gasteiger partial charge in [0, 0.05) is 24.4 Å². The van der Waals surface area contributed by atoms with E-state index < -0.39 is 0 Å². The van der Waals surface area contributed by atoms with Gasteiger partial charge in [-0.25, -0.2) is 0 Å². The molecule has 0 atom stereocenters. The number of aromatic nitrogens is 2. The Balaban J connectivity index is 2.15. The first-order chi connectivity index (χ1) is 10.3. The van der Waals surface area contributed by atoms with Crippen LogP contribution in [0.15, 0.2) is 18.2 Å². The van der Waals surface area contributed by atoms with Crippen LogP contribution in [-0.4, -0.2) is 15.7 Å². The molecule has 0 aliphatic carbocycles. The van der Waals surface area contributed by atoms with Crippen molar-refractivity contribution in [3.05, 3.63) is 44.7 Å². The normalized spacial score (nSPS) is 11.1. The van der Waals surface area contributed by atoms with Gasteiger partial charge in [-0.05, 0) is 25.1 Å². The largest absolute Gasteiger partial charge is 0.396 e. The third kappa shape index (κ3) is 3.55. The van der Waals surface area contributed by atoms with E-state index in [1.165, 1.54) is 22.9 Å². The minimum Gasteiger partial charge on any atom is -0.396 e. The standard InChI is InChI=1S/C14H13Cl3N4O/c1-7-9(14(17)21(2)20-7)3-4-12(22)19-8-5-10(15)13(18)11(16)6-8/h3-6H,18H2,1-2H3,(H,19,22)/b4-3+. The summed E-state index contributed by atoms with van der Waals surface area (Å²) < 4.78 is 1.54. The summed E-state index contributed by atoms with van der Waals surface area (Å²) in [5, 5.41) is 7.81. The molecular weight excluding hydrogens is 347 g/mol. The molecule has 0 saturated heterocycles. The maximum Gasteiger partial charge on any atom is 0.248 e. The molecule has 116 valence electrons. The van der Waals surface area contributed by atoms with Gasteiger partial charge in [0.15, 0.2) is 0 Å². The number of halogens is 3. The second-order valence-electron chi connectivity index (χ2n) is 4.59. The van der Waals surface area contributed by atoms with Crippen molar-refractivity contribution in [3.8, 4) is 0 Å². The number of carbonyl (C=O) groups is 1. The monoisotopic (exact) mass is 358 g/mol. The molecule has 0 bridgehead atoms. The van der Waals surface area contributed by atoms with E-state index in [4.69, 9.17) is 40.5 Å². The number of hydrogen-bond acceptors (Lipinski definition) is 3. The Morgan fingerprint density at radius 3 is 2.41 bits per heavy atom. The molecule has 22 heavy (non-hydrogen) atoms. The fourth-order valence-corrected chi connectivity index (χ4v) is 2.56. The van der Waals surface area contributed by atoms with Crippen molar-refractivity contribution in [2.75, 3.05) is 11.1 Å². The minimum atomic E-state index is -0.351. The Bertz CT molecular complexity index is 745. The van der Waals surface area contributed by atoms with Gasteiger partial charge in [0.25, 0.3) is 0 Å². The number of carbonyl (C=O) groups excluding carboxylic acids is 1. The number of anilines is 2. The fourth-order valence-electron chi connectivity index (χ4n) is 1.84. The smallest absolute Gasteiger partial charge is 0.248 e. The lowest BCUT2D eigenvalue weighted by Crippen LogP contribution is -2.08. The predicted molar refractivity (Wildman–Crippen MR) is 91.5 cm³/mol. The van der Waals surface area contributed by atoms with Gasteiger partial charge in [0.05, 0.1) is 21.4 Å². The molecule has 0 fully saturated rings. The van der Waals surface area contributed by atoms with Crippen LogP contribution in [0, 0.1) is 6.92 Å². The van der Waals surface area contributed by atoms with E-state index in [2.05, 4.69) is 10.4 Å². The van der Waals surface area contributed by atoms with Crippen LogP contribution >= 0.6 is 34.8 Å². The third-order valence-electron chi connectivity index (χ3n) is 2.94. The summed E-state index contributed by atoms with van der Waals surface area (Å²) in [5.74, 6) is -0.351. The number of nitrogens with zero attached hydrogens (tertiary/aromatic N) is 2. The fraction of sp³-hybridized carbons (Fsp3) is 0.143. The maximum atomic E-state index is 11.9. The molecular formula is C14H13Cl3N4O. The zero-order chi connectivity index (χ0) is 16.4. The van der Waals surface area contributed by atoms with E-state index >= 15 is 0 Å². The summed E-state index contributed by atoms with van der Waals surface area (Å²) in [6, 6.07) is 3.05. The number of benzene rings is 1. The Hall–Kier alpha value is -1.69. The molecule has 2 rings (SSSR count). The number of rotatable bonds is 3. The van der Waals surface area contributed by atoms with Crippen molar-refractivity contribution in [2.24, 2.45) is 7.05 Å². The van der Waals surface area contributed by atoms with Gasteiger partial charge >= 0.3 is 0 Å². The topological polar surface area (TPSA) is 72.9 Å². The molecule has 1 amide bonds. The highest BCUT2D eigenvalue weighted by Gasteiger charge is 2.09. The lowest BCUT2D eigenvalue weighted by atomic mass is 10.2. The molecule has 0 saturated carbocycles. The van der Waals surface area contributed by atoms with Crippen molar-refractivity contribution in [1.82, 2.24) is 9.78 Å². The molecule has 0 aliphatic rings. The van der Waals surface area contributed by atoms with Gasteiger partial charge in [-0.15, -0.1) is 0 Å². The minimum absolute atomic E-state index is 0.273. The molecule has 0 spiro atoms. The van der Waals surface area contributed by atoms with Crippen LogP contribution in [0.5, 0.6) is 0 Å². The molecule has 0 unspecified atom stereocenters. The molecule has 5 nitrogen and oxygen atoms in total. The number of nitrogen functional groups attached to an aromatic ring is 1. The van der Waals surface area contributed by atoms with Gasteiger partial charge in [-0.2, -0.15) is 5.10 Å². The number of amides is 1. The van der Waals surface area contributed by atoms with E-state index in [9.17, 15) is 4.79 Å². The first-order valence-corrected chi connectivity index (χ1v) is 7.35. The first kappa shape index (κ1) is 16.7. The Morgan fingerprint density at radius 2 is 1.91 bits per heavy atom. The Labute approximate surface area is 142 Å². The number of nitrogens with one attached hydrogen (secondary N) is 1. The van der Waals surface area contributed by atoms with Gasteiger partial charge in [0.2, 0.25) is 5.91 Å². The molecule has 3 N–H and O–H groups in total. The summed E-state index contributed by atoms with van der Waals surface area (Å²) in [7, 11) is 1.73. The molecule has 1 heterocycles. The summed E-state index contributed by atoms with van der Waals surface area (Å²) in [4.78, 5) is 11.9. The van der Waals surface area contributed by atoms with Crippen LogP contribution in [0.2, 0.25) is 15.2 Å². The molecule has 8 heteroatoms. The SMILES string of the molecule is Cc1nn(C)c(Cl)c1/C=C/C(=O)Nc1cc(Cl)c(N)c(Cl)c1. The van der Waals surface area contributed by atoms with Gasteiger partial charge in [-0.3, -0.25) is 9.48 Å². The van der Waals surface area contributed by atoms with Gasteiger partial charge in [-0.1, -0.05) is 34.8 Å². The summed E-state index contributed by atoms with van der Waals surface area (Å²) >= 11 is 17.9. The van der Waals surface area contributed by atoms with Crippen molar-refractivity contribution in [1.29, 1.82) is 0 Å². The highest BCUT2D eigenvalue weighted by Crippen LogP contribution is 2.31. The summed E-state index contributed by atoms with van der Waals surface area (Å²) in [6.07, 6.45) is 2.95. The lowest BCUT2D eigenvalue weighted by Gasteiger charge is -2.06. The van der Waals surface area contributed by atoms with Crippen LogP contribution in [-0.2, 0) is 11.8 Å². The lowest BCUT2D eigenvalue weighted by molar-refractivity contribution is -0.111. The number of nitrogens with two attached hydrogens (primary N) is 1. The average Bonchev–Trinajstić information content (AvgIpc) is 2.67. The van der Waals surface area contributed by atoms with E-state index in [1.54, 1.807) is 13.1 Å². The quantitative estimate of drug-likeness (QED) is 0.644. The van der Waals surface area contributed by atoms with Crippen molar-refractivity contribution >= 4 is 58.2 Å². The van der Waals surface area contributed by atoms with Crippen LogP contribution in [0.3, 0.4) is 0 Å². The van der Waals surface area contributed by atoms with Crippen LogP contribution in [0.1, 0.15) is 11.3 Å². The van der Waals surface area contributed by atoms with Crippen molar-refractivity contribution in [3.63, 3.8) is 0 Å². The summed E-state index contributed by atoms with van der Waals surface area (Å²) in [5.41, 5.74) is 7.78. The molecule has 1 aromatic heterocycles. The van der Waals surface area contributed by atoms with E-state index in [0.29, 0.717) is 16.4 Å². The Morgan fingerprint density at radius 1 is 1.32 bits per heavy atom. The van der Waals surface area contributed by atoms with Gasteiger partial charge < -0.3 is 11.1 Å². The molecule has 0 aliphatic heterocycles. The second-order valence-corrected chi connectivity index (χ2v) is 5.76. The average molecular weight is 360 g/mol. The van der Waals surface area contributed by atoms with Gasteiger partial charge in [0.1, 0.15) is 5.15 Å². The first-order valence-electron chi connectivity index (χ1n) is 6.22. The molecule has 1 aromatic carbocycles. The number of aryl methyl sites for hydroxylation is 2. The molecule has 0 radical (unpaired) electrons.